The van der Waals surface area contributed by atoms with Gasteiger partial charge in [-0.1, -0.05) is 7.43 Å². The van der Waals surface area contributed by atoms with Crippen LogP contribution in [0.4, 0.5) is 0 Å². The van der Waals surface area contributed by atoms with Gasteiger partial charge in [0.25, 0.3) is 0 Å². The number of aliphatic hydroxyl groups excluding tert-OH is 1. The molecule has 3 N–H and O–H groups in total. The average molecular weight is 177 g/mol. The Bertz CT molecular complexity index is 77.8. The van der Waals surface area contributed by atoms with Crippen LogP contribution in [0.3, 0.4) is 0 Å². The van der Waals surface area contributed by atoms with E-state index < -0.39 is 0 Å². The second kappa shape index (κ2) is 8.97. The Labute approximate surface area is 75.9 Å². The van der Waals surface area contributed by atoms with E-state index in [-0.39, 0.29) is 13.5 Å². The van der Waals surface area contributed by atoms with Gasteiger partial charge in [-0.3, -0.25) is 0 Å². The molecule has 0 amide bonds. The molecule has 1 fully saturated rings. The predicted molar refractivity (Wildman–Crippen MR) is 52.1 cm³/mol. The molecule has 0 aromatic carbocycles. The molecule has 1 aliphatic heterocycles. The van der Waals surface area contributed by atoms with Gasteiger partial charge in [-0.15, -0.1) is 0 Å². The quantitative estimate of drug-likeness (QED) is 0.583. The van der Waals surface area contributed by atoms with E-state index in [9.17, 15) is 0 Å². The molecule has 1 unspecified atom stereocenters. The van der Waals surface area contributed by atoms with Crippen LogP contribution >= 0.6 is 0 Å². The number of nitrogens with two attached hydrogens (primary N) is 1. The van der Waals surface area contributed by atoms with E-state index in [1.54, 1.807) is 13.8 Å². The molecule has 0 spiro atoms. The fraction of sp³-hybridized carbons (Fsp3) is 1.00. The van der Waals surface area contributed by atoms with Crippen LogP contribution in [0.25, 0.3) is 0 Å². The van der Waals surface area contributed by atoms with E-state index in [1.165, 1.54) is 0 Å². The molecule has 0 aliphatic carbocycles. The lowest BCUT2D eigenvalue weighted by Gasteiger charge is -2.16. The highest BCUT2D eigenvalue weighted by molar-refractivity contribution is 4.63. The topological polar surface area (TPSA) is 55.5 Å². The van der Waals surface area contributed by atoms with Crippen LogP contribution in [0.5, 0.6) is 0 Å². The lowest BCUT2D eigenvalue weighted by Crippen LogP contribution is -2.30. The van der Waals surface area contributed by atoms with Crippen molar-refractivity contribution in [1.29, 1.82) is 0 Å². The highest BCUT2D eigenvalue weighted by Crippen LogP contribution is 2.01. The molecule has 0 bridgehead atoms. The Morgan fingerprint density at radius 2 is 2.00 bits per heavy atom. The normalized spacial score (nSPS) is 22.2. The van der Waals surface area contributed by atoms with Crippen molar-refractivity contribution < 1.29 is 9.84 Å². The lowest BCUT2D eigenvalue weighted by atomic mass is 10.1. The highest BCUT2D eigenvalue weighted by Gasteiger charge is 2.06. The van der Waals surface area contributed by atoms with Crippen LogP contribution in [0.2, 0.25) is 0 Å². The second-order valence-electron chi connectivity index (χ2n) is 3.07. The van der Waals surface area contributed by atoms with Gasteiger partial charge in [0.15, 0.2) is 0 Å². The summed E-state index contributed by atoms with van der Waals surface area (Å²) in [5.74, 6) is 0. The van der Waals surface area contributed by atoms with Gasteiger partial charge in [-0.05, 0) is 26.7 Å². The largest absolute Gasteiger partial charge is 0.394 e. The van der Waals surface area contributed by atoms with E-state index >= 15 is 0 Å². The van der Waals surface area contributed by atoms with E-state index in [2.05, 4.69) is 0 Å². The van der Waals surface area contributed by atoms with Crippen LogP contribution in [0.1, 0.15) is 34.1 Å². The molecule has 0 aromatic heterocycles. The molecule has 1 saturated heterocycles. The third-order valence-corrected chi connectivity index (χ3v) is 1.20. The van der Waals surface area contributed by atoms with Crippen molar-refractivity contribution in [3.8, 4) is 0 Å². The van der Waals surface area contributed by atoms with Gasteiger partial charge in [-0.25, -0.2) is 0 Å². The minimum Gasteiger partial charge on any atom is -0.394 e. The number of hydrogen-bond acceptors (Lipinski definition) is 3. The van der Waals surface area contributed by atoms with E-state index in [4.69, 9.17) is 15.6 Å². The Kier molecular flexibility index (Phi) is 10.8. The summed E-state index contributed by atoms with van der Waals surface area (Å²) in [6.07, 6.45) is 2.11. The van der Waals surface area contributed by atoms with Crippen LogP contribution in [0.15, 0.2) is 0 Å². The molecule has 1 heterocycles. The maximum Gasteiger partial charge on any atom is 0.0617 e. The molecule has 12 heavy (non-hydrogen) atoms. The monoisotopic (exact) mass is 177 g/mol. The van der Waals surface area contributed by atoms with Gasteiger partial charge >= 0.3 is 0 Å². The van der Waals surface area contributed by atoms with E-state index in [1.807, 2.05) is 0 Å². The van der Waals surface area contributed by atoms with E-state index in [0.29, 0.717) is 6.04 Å². The Morgan fingerprint density at radius 3 is 2.17 bits per heavy atom. The van der Waals surface area contributed by atoms with Gasteiger partial charge in [0.05, 0.1) is 6.61 Å². The number of ether oxygens (including phenoxy) is 1. The summed E-state index contributed by atoms with van der Waals surface area (Å²) >= 11 is 0. The molecule has 3 heteroatoms. The van der Waals surface area contributed by atoms with Gasteiger partial charge in [0.2, 0.25) is 0 Å². The zero-order valence-electron chi connectivity index (χ0n) is 7.42. The first kappa shape index (κ1) is 14.4. The Hall–Kier alpha value is -0.120. The zero-order valence-corrected chi connectivity index (χ0v) is 7.42. The van der Waals surface area contributed by atoms with E-state index in [0.717, 1.165) is 26.1 Å². The minimum absolute atomic E-state index is 0. The summed E-state index contributed by atoms with van der Waals surface area (Å²) < 4.78 is 5.06. The maximum atomic E-state index is 8.06. The molecule has 0 radical (unpaired) electrons. The average Bonchev–Trinajstić information content (AvgIpc) is 1.87. The summed E-state index contributed by atoms with van der Waals surface area (Å²) in [4.78, 5) is 0. The van der Waals surface area contributed by atoms with Crippen molar-refractivity contribution >= 4 is 0 Å². The molecule has 3 nitrogen and oxygen atoms in total. The summed E-state index contributed by atoms with van der Waals surface area (Å²) in [5.41, 5.74) is 5.51. The number of aliphatic hydroxyl groups is 1. The van der Waals surface area contributed by atoms with Gasteiger partial charge in [0.1, 0.15) is 0 Å². The fourth-order valence-electron chi connectivity index (χ4n) is 0.766. The molecule has 1 rings (SSSR count). The maximum absolute atomic E-state index is 8.06. The Balaban J connectivity index is 0. The second-order valence-corrected chi connectivity index (χ2v) is 3.07. The van der Waals surface area contributed by atoms with Gasteiger partial charge in [0, 0.05) is 18.8 Å². The third-order valence-electron chi connectivity index (χ3n) is 1.20. The molecule has 0 aromatic rings. The first-order valence-corrected chi connectivity index (χ1v) is 4.14. The first-order chi connectivity index (χ1) is 5.13. The summed E-state index contributed by atoms with van der Waals surface area (Å²) in [6, 6.07) is 0.314. The number of hydrogen-bond donors (Lipinski definition) is 2. The molecular weight excluding hydrogens is 154 g/mol. The molecule has 1 aliphatic rings. The van der Waals surface area contributed by atoms with Crippen molar-refractivity contribution in [2.75, 3.05) is 13.2 Å². The summed E-state index contributed by atoms with van der Waals surface area (Å²) in [7, 11) is 0. The van der Waals surface area contributed by atoms with Crippen LogP contribution in [-0.2, 0) is 4.74 Å². The number of rotatable bonds is 0. The van der Waals surface area contributed by atoms with Crippen LogP contribution in [-0.4, -0.2) is 30.5 Å². The molecular formula is C9H23NO2. The van der Waals surface area contributed by atoms with Crippen molar-refractivity contribution in [1.82, 2.24) is 0 Å². The summed E-state index contributed by atoms with van der Waals surface area (Å²) in [5, 5.41) is 8.06. The third kappa shape index (κ3) is 12.5. The lowest BCUT2D eigenvalue weighted by molar-refractivity contribution is 0.0822. The van der Waals surface area contributed by atoms with Gasteiger partial charge in [-0.2, -0.15) is 0 Å². The SMILES string of the molecule is C.CC(C)O.NC1CCCOC1. The van der Waals surface area contributed by atoms with Gasteiger partial charge < -0.3 is 15.6 Å². The zero-order chi connectivity index (χ0) is 8.69. The predicted octanol–water partition coefficient (Wildman–Crippen LogP) is 1.15. The highest BCUT2D eigenvalue weighted by atomic mass is 16.5. The van der Waals surface area contributed by atoms with Crippen LogP contribution < -0.4 is 5.73 Å². The molecule has 0 saturated carbocycles. The van der Waals surface area contributed by atoms with Crippen LogP contribution in [0, 0.1) is 0 Å². The fourth-order valence-corrected chi connectivity index (χ4v) is 0.766. The molecule has 1 atom stereocenters. The van der Waals surface area contributed by atoms with Crippen molar-refractivity contribution in [2.24, 2.45) is 5.73 Å². The van der Waals surface area contributed by atoms with Crippen molar-refractivity contribution in [3.05, 3.63) is 0 Å². The Morgan fingerprint density at radius 1 is 1.50 bits per heavy atom. The smallest absolute Gasteiger partial charge is 0.0617 e. The summed E-state index contributed by atoms with van der Waals surface area (Å²) in [6.45, 7) is 5.12. The van der Waals surface area contributed by atoms with Crippen molar-refractivity contribution in [3.63, 3.8) is 0 Å². The minimum atomic E-state index is -0.167. The van der Waals surface area contributed by atoms with Crippen molar-refractivity contribution in [2.45, 2.75) is 46.3 Å². The molecule has 76 valence electrons. The first-order valence-electron chi connectivity index (χ1n) is 4.14. The standard InChI is InChI=1S/C5H11NO.C3H8O.CH4/c6-5-2-1-3-7-4-5;1-3(2)4;/h5H,1-4,6H2;3-4H,1-2H3;1H4.